The highest BCUT2D eigenvalue weighted by molar-refractivity contribution is 5.95. The van der Waals surface area contributed by atoms with Crippen LogP contribution >= 0.6 is 0 Å². The smallest absolute Gasteiger partial charge is 0.253 e. The number of rotatable bonds is 5. The Bertz CT molecular complexity index is 940. The summed E-state index contributed by atoms with van der Waals surface area (Å²) in [5.41, 5.74) is 3.76. The first-order valence-corrected chi connectivity index (χ1v) is 10.5. The van der Waals surface area contributed by atoms with Gasteiger partial charge in [0.2, 0.25) is 0 Å². The van der Waals surface area contributed by atoms with Crippen molar-refractivity contribution in [3.05, 3.63) is 83.2 Å². The summed E-state index contributed by atoms with van der Waals surface area (Å²) in [5, 5.41) is 12.3. The number of H-pyrrole nitrogens is 1. The molecule has 1 atom stereocenters. The Balaban J connectivity index is 1.31. The average molecular weight is 386 g/mol. The zero-order valence-electron chi connectivity index (χ0n) is 16.6. The standard InChI is InChI=1S/C25H27N3O/c26-14-19-5-4-8-22(13-19)23-16-27-17-24(23)25(29)28-15-18-9-11-21(12-10-18)20-6-2-1-3-7-20/h1-7,13,16-18,21-22,27H,8-12,15H2,(H,28,29). The largest absolute Gasteiger partial charge is 0.367 e. The molecule has 1 fully saturated rings. The fourth-order valence-corrected chi connectivity index (χ4v) is 4.61. The third kappa shape index (κ3) is 4.51. The van der Waals surface area contributed by atoms with Crippen LogP contribution in [0.1, 0.15) is 65.4 Å². The number of amides is 1. The van der Waals surface area contributed by atoms with E-state index >= 15 is 0 Å². The molecule has 1 unspecified atom stereocenters. The summed E-state index contributed by atoms with van der Waals surface area (Å²) >= 11 is 0. The van der Waals surface area contributed by atoms with Crippen LogP contribution < -0.4 is 5.32 Å². The summed E-state index contributed by atoms with van der Waals surface area (Å²) in [6, 6.07) is 13.0. The molecule has 1 amide bonds. The molecule has 4 heteroatoms. The van der Waals surface area contributed by atoms with Crippen LogP contribution in [0.4, 0.5) is 0 Å². The summed E-state index contributed by atoms with van der Waals surface area (Å²) < 4.78 is 0. The third-order valence-corrected chi connectivity index (χ3v) is 6.29. The molecular weight excluding hydrogens is 358 g/mol. The third-order valence-electron chi connectivity index (χ3n) is 6.29. The van der Waals surface area contributed by atoms with Crippen molar-refractivity contribution in [1.82, 2.24) is 10.3 Å². The lowest BCUT2D eigenvalue weighted by Gasteiger charge is -2.29. The zero-order valence-corrected chi connectivity index (χ0v) is 16.6. The Hall–Kier alpha value is -3.06. The molecule has 29 heavy (non-hydrogen) atoms. The van der Waals surface area contributed by atoms with Gasteiger partial charge in [-0.15, -0.1) is 0 Å². The van der Waals surface area contributed by atoms with Crippen molar-refractivity contribution in [2.24, 2.45) is 5.92 Å². The number of benzene rings is 1. The van der Waals surface area contributed by atoms with Crippen LogP contribution in [-0.2, 0) is 0 Å². The van der Waals surface area contributed by atoms with E-state index in [-0.39, 0.29) is 11.8 Å². The Morgan fingerprint density at radius 2 is 1.93 bits per heavy atom. The van der Waals surface area contributed by atoms with E-state index in [4.69, 9.17) is 5.26 Å². The number of nitrogens with one attached hydrogen (secondary N) is 2. The first-order valence-electron chi connectivity index (χ1n) is 10.5. The normalized spacial score (nSPS) is 23.8. The van der Waals surface area contributed by atoms with Gasteiger partial charge < -0.3 is 10.3 Å². The number of nitriles is 1. The molecule has 2 N–H and O–H groups in total. The average Bonchev–Trinajstić information content (AvgIpc) is 3.29. The van der Waals surface area contributed by atoms with Gasteiger partial charge in [-0.1, -0.05) is 42.5 Å². The summed E-state index contributed by atoms with van der Waals surface area (Å²) in [7, 11) is 0. The van der Waals surface area contributed by atoms with Gasteiger partial charge in [-0.25, -0.2) is 0 Å². The number of aromatic amines is 1. The number of nitrogens with zero attached hydrogens (tertiary/aromatic N) is 1. The molecule has 2 aliphatic carbocycles. The van der Waals surface area contributed by atoms with E-state index in [1.807, 2.05) is 24.4 Å². The van der Waals surface area contributed by atoms with Crippen molar-refractivity contribution < 1.29 is 4.79 Å². The van der Waals surface area contributed by atoms with E-state index in [1.165, 1.54) is 18.4 Å². The number of carbonyl (C=O) groups excluding carboxylic acids is 1. The Morgan fingerprint density at radius 3 is 2.69 bits per heavy atom. The molecular formula is C25H27N3O. The number of allylic oxidation sites excluding steroid dienone is 4. The maximum atomic E-state index is 12.8. The van der Waals surface area contributed by atoms with Crippen molar-refractivity contribution in [3.63, 3.8) is 0 Å². The quantitative estimate of drug-likeness (QED) is 0.741. The second-order valence-corrected chi connectivity index (χ2v) is 8.14. The predicted molar refractivity (Wildman–Crippen MR) is 114 cm³/mol. The van der Waals surface area contributed by atoms with E-state index in [9.17, 15) is 4.79 Å². The van der Waals surface area contributed by atoms with Gasteiger partial charge in [0.15, 0.2) is 0 Å². The number of hydrogen-bond donors (Lipinski definition) is 2. The van der Waals surface area contributed by atoms with Crippen molar-refractivity contribution in [3.8, 4) is 6.07 Å². The monoisotopic (exact) mass is 385 g/mol. The summed E-state index contributed by atoms with van der Waals surface area (Å²) in [4.78, 5) is 15.9. The van der Waals surface area contributed by atoms with E-state index in [1.54, 1.807) is 6.20 Å². The lowest BCUT2D eigenvalue weighted by molar-refractivity contribution is 0.0942. The molecule has 2 aliphatic rings. The fraction of sp³-hybridized carbons (Fsp3) is 0.360. The van der Waals surface area contributed by atoms with Crippen LogP contribution in [0.5, 0.6) is 0 Å². The minimum absolute atomic E-state index is 0.0205. The van der Waals surface area contributed by atoms with Crippen molar-refractivity contribution in [1.29, 1.82) is 5.26 Å². The first kappa shape index (κ1) is 19.3. The molecule has 148 valence electrons. The second kappa shape index (κ2) is 8.96. The molecule has 2 aromatic rings. The number of carbonyl (C=O) groups is 1. The number of aromatic nitrogens is 1. The van der Waals surface area contributed by atoms with Crippen molar-refractivity contribution in [2.45, 2.75) is 43.9 Å². The topological polar surface area (TPSA) is 68.7 Å². The minimum Gasteiger partial charge on any atom is -0.367 e. The van der Waals surface area contributed by atoms with Gasteiger partial charge in [0.05, 0.1) is 11.6 Å². The van der Waals surface area contributed by atoms with E-state index in [0.717, 1.165) is 31.4 Å². The van der Waals surface area contributed by atoms with E-state index in [2.05, 4.69) is 46.7 Å². The van der Waals surface area contributed by atoms with Gasteiger partial charge in [-0.05, 0) is 61.1 Å². The molecule has 1 aromatic heterocycles. The van der Waals surface area contributed by atoms with Crippen LogP contribution in [0.25, 0.3) is 0 Å². The van der Waals surface area contributed by atoms with Gasteiger partial charge in [0.25, 0.3) is 5.91 Å². The minimum atomic E-state index is -0.0205. The van der Waals surface area contributed by atoms with Gasteiger partial charge >= 0.3 is 0 Å². The first-order chi connectivity index (χ1) is 14.2. The molecule has 0 bridgehead atoms. The second-order valence-electron chi connectivity index (χ2n) is 8.14. The molecule has 4 rings (SSSR count). The highest BCUT2D eigenvalue weighted by Gasteiger charge is 2.24. The van der Waals surface area contributed by atoms with Crippen LogP contribution in [0.3, 0.4) is 0 Å². The summed E-state index contributed by atoms with van der Waals surface area (Å²) in [6.07, 6.45) is 15.0. The Labute approximate surface area is 172 Å². The maximum Gasteiger partial charge on any atom is 0.253 e. The molecule has 1 saturated carbocycles. The van der Waals surface area contributed by atoms with Crippen LogP contribution in [0.2, 0.25) is 0 Å². The number of hydrogen-bond acceptors (Lipinski definition) is 2. The van der Waals surface area contributed by atoms with Gasteiger partial charge in [-0.3, -0.25) is 4.79 Å². The van der Waals surface area contributed by atoms with Crippen molar-refractivity contribution in [2.75, 3.05) is 6.54 Å². The van der Waals surface area contributed by atoms with Crippen LogP contribution in [0, 0.1) is 17.2 Å². The highest BCUT2D eigenvalue weighted by atomic mass is 16.1. The molecule has 1 heterocycles. The summed E-state index contributed by atoms with van der Waals surface area (Å²) in [5.74, 6) is 1.25. The van der Waals surface area contributed by atoms with Crippen LogP contribution in [-0.4, -0.2) is 17.4 Å². The lowest BCUT2D eigenvalue weighted by Crippen LogP contribution is -2.31. The zero-order chi connectivity index (χ0) is 20.1. The van der Waals surface area contributed by atoms with Gasteiger partial charge in [-0.2, -0.15) is 5.26 Å². The Morgan fingerprint density at radius 1 is 1.14 bits per heavy atom. The van der Waals surface area contributed by atoms with Gasteiger partial charge in [0, 0.05) is 30.4 Å². The molecule has 0 saturated heterocycles. The summed E-state index contributed by atoms with van der Waals surface area (Å²) in [6.45, 7) is 0.731. The molecule has 1 aromatic carbocycles. The maximum absolute atomic E-state index is 12.8. The molecule has 0 aliphatic heterocycles. The Kier molecular flexibility index (Phi) is 5.95. The van der Waals surface area contributed by atoms with E-state index < -0.39 is 0 Å². The lowest BCUT2D eigenvalue weighted by atomic mass is 9.78. The SMILES string of the molecule is N#CC1=CC(c2c[nH]cc2C(=O)NCC2CCC(c3ccccc3)CC2)CC=C1. The molecule has 0 radical (unpaired) electrons. The molecule has 4 nitrogen and oxygen atoms in total. The predicted octanol–water partition coefficient (Wildman–Crippen LogP) is 5.21. The fourth-order valence-electron chi connectivity index (χ4n) is 4.61. The van der Waals surface area contributed by atoms with Gasteiger partial charge in [0.1, 0.15) is 0 Å². The van der Waals surface area contributed by atoms with E-state index in [0.29, 0.717) is 23.0 Å². The van der Waals surface area contributed by atoms with Crippen LogP contribution in [0.15, 0.2) is 66.5 Å². The molecule has 0 spiro atoms. The highest BCUT2D eigenvalue weighted by Crippen LogP contribution is 2.35. The van der Waals surface area contributed by atoms with Crippen molar-refractivity contribution >= 4 is 5.91 Å².